The maximum absolute atomic E-state index is 12.1. The summed E-state index contributed by atoms with van der Waals surface area (Å²) in [4.78, 5) is 18.5. The Morgan fingerprint density at radius 1 is 1.36 bits per heavy atom. The number of aromatic nitrogens is 1. The number of nitrogens with zero attached hydrogens (tertiary/aromatic N) is 2. The quantitative estimate of drug-likeness (QED) is 0.888. The van der Waals surface area contributed by atoms with Gasteiger partial charge < -0.3 is 15.5 Å². The van der Waals surface area contributed by atoms with Crippen molar-refractivity contribution in [2.45, 2.75) is 19.8 Å². The van der Waals surface area contributed by atoms with Crippen molar-refractivity contribution in [2.75, 3.05) is 30.9 Å². The van der Waals surface area contributed by atoms with E-state index in [0.29, 0.717) is 6.54 Å². The SMILES string of the molecule is Cc1csc(C(C)CNC(=O)Nc2ccccc2N(C)C)n1. The summed E-state index contributed by atoms with van der Waals surface area (Å²) in [6.45, 7) is 4.60. The Balaban J connectivity index is 1.91. The highest BCUT2D eigenvalue weighted by Crippen LogP contribution is 2.23. The number of benzene rings is 1. The van der Waals surface area contributed by atoms with Gasteiger partial charge in [-0.15, -0.1) is 11.3 Å². The van der Waals surface area contributed by atoms with Crippen molar-refractivity contribution in [1.29, 1.82) is 0 Å². The average Bonchev–Trinajstić information content (AvgIpc) is 2.92. The van der Waals surface area contributed by atoms with Crippen LogP contribution in [-0.2, 0) is 0 Å². The molecule has 1 unspecified atom stereocenters. The summed E-state index contributed by atoms with van der Waals surface area (Å²) in [6, 6.07) is 7.52. The summed E-state index contributed by atoms with van der Waals surface area (Å²) in [5.74, 6) is 0.202. The van der Waals surface area contributed by atoms with E-state index in [0.717, 1.165) is 22.1 Å². The number of carbonyl (C=O) groups excluding carboxylic acids is 1. The third-order valence-electron chi connectivity index (χ3n) is 3.26. The Morgan fingerprint density at radius 2 is 2.09 bits per heavy atom. The van der Waals surface area contributed by atoms with Crippen molar-refractivity contribution < 1.29 is 4.79 Å². The van der Waals surface area contributed by atoms with E-state index < -0.39 is 0 Å². The highest BCUT2D eigenvalue weighted by atomic mass is 32.1. The Hall–Kier alpha value is -2.08. The van der Waals surface area contributed by atoms with Gasteiger partial charge in [-0.2, -0.15) is 0 Å². The number of hydrogen-bond acceptors (Lipinski definition) is 4. The molecule has 0 spiro atoms. The molecular weight excluding hydrogens is 296 g/mol. The van der Waals surface area contributed by atoms with Gasteiger partial charge in [-0.25, -0.2) is 9.78 Å². The molecule has 6 heteroatoms. The zero-order chi connectivity index (χ0) is 16.1. The molecule has 118 valence electrons. The minimum Gasteiger partial charge on any atom is -0.376 e. The average molecular weight is 318 g/mol. The second kappa shape index (κ2) is 7.26. The molecule has 0 saturated heterocycles. The van der Waals surface area contributed by atoms with E-state index in [1.165, 1.54) is 0 Å². The molecule has 1 aromatic carbocycles. The van der Waals surface area contributed by atoms with Gasteiger partial charge in [0, 0.05) is 37.6 Å². The third kappa shape index (κ3) is 4.21. The lowest BCUT2D eigenvalue weighted by Gasteiger charge is -2.18. The number of hydrogen-bond donors (Lipinski definition) is 2. The number of amides is 2. The molecule has 0 fully saturated rings. The van der Waals surface area contributed by atoms with Crippen molar-refractivity contribution in [3.8, 4) is 0 Å². The van der Waals surface area contributed by atoms with Crippen LogP contribution in [-0.4, -0.2) is 31.7 Å². The summed E-state index contributed by atoms with van der Waals surface area (Å²) >= 11 is 1.63. The van der Waals surface area contributed by atoms with Gasteiger partial charge in [0.2, 0.25) is 0 Å². The van der Waals surface area contributed by atoms with Crippen LogP contribution >= 0.6 is 11.3 Å². The van der Waals surface area contributed by atoms with Crippen molar-refractivity contribution in [2.24, 2.45) is 0 Å². The van der Waals surface area contributed by atoms with Crippen LogP contribution in [0.5, 0.6) is 0 Å². The van der Waals surface area contributed by atoms with Gasteiger partial charge in [0.15, 0.2) is 0 Å². The predicted molar refractivity (Wildman–Crippen MR) is 93.1 cm³/mol. The normalized spacial score (nSPS) is 11.8. The van der Waals surface area contributed by atoms with Crippen molar-refractivity contribution >= 4 is 28.7 Å². The second-order valence-electron chi connectivity index (χ2n) is 5.47. The highest BCUT2D eigenvalue weighted by molar-refractivity contribution is 7.09. The number of anilines is 2. The molecule has 2 N–H and O–H groups in total. The molecule has 1 heterocycles. The number of aryl methyl sites for hydroxylation is 1. The summed E-state index contributed by atoms with van der Waals surface area (Å²) in [7, 11) is 3.90. The van der Waals surface area contributed by atoms with Gasteiger partial charge in [0.05, 0.1) is 16.4 Å². The molecule has 0 aliphatic carbocycles. The molecule has 1 atom stereocenters. The van der Waals surface area contributed by atoms with E-state index >= 15 is 0 Å². The number of urea groups is 1. The fourth-order valence-electron chi connectivity index (χ4n) is 2.07. The van der Waals surface area contributed by atoms with E-state index in [4.69, 9.17) is 0 Å². The lowest BCUT2D eigenvalue weighted by molar-refractivity contribution is 0.251. The van der Waals surface area contributed by atoms with Crippen molar-refractivity contribution in [3.63, 3.8) is 0 Å². The molecule has 0 radical (unpaired) electrons. The lowest BCUT2D eigenvalue weighted by atomic mass is 10.2. The van der Waals surface area contributed by atoms with Crippen molar-refractivity contribution in [3.05, 3.63) is 40.3 Å². The molecule has 5 nitrogen and oxygen atoms in total. The summed E-state index contributed by atoms with van der Waals surface area (Å²) in [5.41, 5.74) is 2.79. The fraction of sp³-hybridized carbons (Fsp3) is 0.375. The smallest absolute Gasteiger partial charge is 0.319 e. The Kier molecular flexibility index (Phi) is 5.38. The van der Waals surface area contributed by atoms with Crippen LogP contribution in [0.3, 0.4) is 0 Å². The molecule has 0 bridgehead atoms. The first-order chi connectivity index (χ1) is 10.5. The predicted octanol–water partition coefficient (Wildman–Crippen LogP) is 3.44. The molecule has 0 saturated carbocycles. The Labute approximate surface area is 135 Å². The molecule has 22 heavy (non-hydrogen) atoms. The summed E-state index contributed by atoms with van der Waals surface area (Å²) < 4.78 is 0. The van der Waals surface area contributed by atoms with Crippen LogP contribution in [0.2, 0.25) is 0 Å². The minimum absolute atomic E-state index is 0.200. The van der Waals surface area contributed by atoms with Gasteiger partial charge in [0.1, 0.15) is 0 Å². The van der Waals surface area contributed by atoms with Crippen LogP contribution in [0.1, 0.15) is 23.5 Å². The first kappa shape index (κ1) is 16.3. The highest BCUT2D eigenvalue weighted by Gasteiger charge is 2.12. The number of para-hydroxylation sites is 2. The molecule has 2 aromatic rings. The number of thiazole rings is 1. The molecule has 0 aliphatic rings. The maximum atomic E-state index is 12.1. The number of rotatable bonds is 5. The number of carbonyl (C=O) groups is 1. The van der Waals surface area contributed by atoms with E-state index in [1.54, 1.807) is 11.3 Å². The molecule has 2 amide bonds. The fourth-order valence-corrected chi connectivity index (χ4v) is 2.92. The van der Waals surface area contributed by atoms with Crippen LogP contribution in [0.4, 0.5) is 16.2 Å². The second-order valence-corrected chi connectivity index (χ2v) is 6.36. The zero-order valence-corrected chi connectivity index (χ0v) is 14.2. The van der Waals surface area contributed by atoms with E-state index in [1.807, 2.05) is 55.6 Å². The largest absolute Gasteiger partial charge is 0.376 e. The third-order valence-corrected chi connectivity index (χ3v) is 4.46. The maximum Gasteiger partial charge on any atom is 0.319 e. The lowest BCUT2D eigenvalue weighted by Crippen LogP contribution is -2.32. The number of nitrogens with one attached hydrogen (secondary N) is 2. The zero-order valence-electron chi connectivity index (χ0n) is 13.4. The first-order valence-corrected chi connectivity index (χ1v) is 8.08. The van der Waals surface area contributed by atoms with Gasteiger partial charge >= 0.3 is 6.03 Å². The first-order valence-electron chi connectivity index (χ1n) is 7.20. The van der Waals surface area contributed by atoms with E-state index in [9.17, 15) is 4.79 Å². The van der Waals surface area contributed by atoms with Crippen molar-refractivity contribution in [1.82, 2.24) is 10.3 Å². The molecule has 0 aliphatic heterocycles. The Morgan fingerprint density at radius 3 is 2.73 bits per heavy atom. The van der Waals surface area contributed by atoms with Gasteiger partial charge in [-0.05, 0) is 19.1 Å². The summed E-state index contributed by atoms with van der Waals surface area (Å²) in [6.07, 6.45) is 0. The van der Waals surface area contributed by atoms with Gasteiger partial charge in [0.25, 0.3) is 0 Å². The monoisotopic (exact) mass is 318 g/mol. The molecule has 2 rings (SSSR count). The van der Waals surface area contributed by atoms with E-state index in [2.05, 4.69) is 22.5 Å². The molecular formula is C16H22N4OS. The van der Waals surface area contributed by atoms with Crippen LogP contribution < -0.4 is 15.5 Å². The standard InChI is InChI=1S/C16H22N4OS/c1-11(15-18-12(2)10-22-15)9-17-16(21)19-13-7-5-6-8-14(13)20(3)4/h5-8,10-11H,9H2,1-4H3,(H2,17,19,21). The van der Waals surface area contributed by atoms with Gasteiger partial charge in [-0.3, -0.25) is 0 Å². The van der Waals surface area contributed by atoms with Crippen LogP contribution in [0.25, 0.3) is 0 Å². The van der Waals surface area contributed by atoms with Crippen LogP contribution in [0, 0.1) is 6.92 Å². The van der Waals surface area contributed by atoms with Crippen LogP contribution in [0.15, 0.2) is 29.6 Å². The summed E-state index contributed by atoms with van der Waals surface area (Å²) in [5, 5.41) is 8.87. The Bertz CT molecular complexity index is 639. The van der Waals surface area contributed by atoms with E-state index in [-0.39, 0.29) is 11.9 Å². The minimum atomic E-state index is -0.200. The topological polar surface area (TPSA) is 57.3 Å². The van der Waals surface area contributed by atoms with Gasteiger partial charge in [-0.1, -0.05) is 19.1 Å². The molecule has 1 aromatic heterocycles.